The molecule has 1 saturated heterocycles. The lowest BCUT2D eigenvalue weighted by Crippen LogP contribution is -2.34. The Hall–Kier alpha value is -2.19. The fraction of sp³-hybridized carbons (Fsp3) is 0.474. The minimum absolute atomic E-state index is 0.198. The molecule has 2 aromatic rings. The topological polar surface area (TPSA) is 58.5 Å². The van der Waals surface area contributed by atoms with Gasteiger partial charge in [0.05, 0.1) is 29.7 Å². The summed E-state index contributed by atoms with van der Waals surface area (Å²) in [6.07, 6.45) is -2.37. The van der Waals surface area contributed by atoms with Gasteiger partial charge >= 0.3 is 6.18 Å². The van der Waals surface area contributed by atoms with E-state index in [1.807, 2.05) is 0 Å². The Labute approximate surface area is 155 Å². The van der Waals surface area contributed by atoms with Gasteiger partial charge in [0.1, 0.15) is 5.75 Å². The van der Waals surface area contributed by atoms with E-state index < -0.39 is 17.5 Å². The minimum atomic E-state index is -4.51. The number of aromatic hydroxyl groups is 1. The molecule has 2 heterocycles. The normalized spacial score (nSPS) is 16.6. The molecule has 1 aromatic heterocycles. The van der Waals surface area contributed by atoms with E-state index in [2.05, 4.69) is 22.1 Å². The molecule has 27 heavy (non-hydrogen) atoms. The standard InChI is InChI=1S/C19H22F3N3O2/c1-12-9-13(19(20,21)22)10-17(26)18(12)16-4-3-14(23-24-16)11-27-15-5-7-25(2)8-6-15/h3-4,9-10,15,26H,5-8,11H2,1-2H3. The zero-order valence-electron chi connectivity index (χ0n) is 15.3. The number of halogens is 3. The Balaban J connectivity index is 1.70. The minimum Gasteiger partial charge on any atom is -0.507 e. The smallest absolute Gasteiger partial charge is 0.416 e. The Morgan fingerprint density at radius 3 is 2.44 bits per heavy atom. The van der Waals surface area contributed by atoms with Gasteiger partial charge < -0.3 is 14.7 Å². The quantitative estimate of drug-likeness (QED) is 0.873. The van der Waals surface area contributed by atoms with Gasteiger partial charge in [0.15, 0.2) is 0 Å². The molecule has 3 rings (SSSR count). The number of hydrogen-bond donors (Lipinski definition) is 1. The number of piperidine rings is 1. The van der Waals surface area contributed by atoms with Crippen molar-refractivity contribution in [2.75, 3.05) is 20.1 Å². The number of benzene rings is 1. The molecule has 1 aliphatic rings. The van der Waals surface area contributed by atoms with Crippen LogP contribution in [0.2, 0.25) is 0 Å². The number of hydrogen-bond acceptors (Lipinski definition) is 5. The third-order valence-corrected chi connectivity index (χ3v) is 4.75. The van der Waals surface area contributed by atoms with Gasteiger partial charge in [-0.05, 0) is 56.6 Å². The Bertz CT molecular complexity index is 763. The molecule has 0 amide bonds. The lowest BCUT2D eigenvalue weighted by atomic mass is 10.0. The van der Waals surface area contributed by atoms with Gasteiger partial charge in [-0.3, -0.25) is 0 Å². The van der Waals surface area contributed by atoms with Crippen LogP contribution in [0.5, 0.6) is 5.75 Å². The van der Waals surface area contributed by atoms with Gasteiger partial charge in [0, 0.05) is 18.7 Å². The van der Waals surface area contributed by atoms with Crippen LogP contribution < -0.4 is 0 Å². The van der Waals surface area contributed by atoms with Crippen molar-refractivity contribution in [3.63, 3.8) is 0 Å². The van der Waals surface area contributed by atoms with Gasteiger partial charge in [-0.2, -0.15) is 23.4 Å². The maximum Gasteiger partial charge on any atom is 0.416 e. The van der Waals surface area contributed by atoms with Gasteiger partial charge in [-0.25, -0.2) is 0 Å². The molecule has 1 aromatic carbocycles. The largest absolute Gasteiger partial charge is 0.507 e. The molecule has 0 saturated carbocycles. The number of nitrogens with zero attached hydrogens (tertiary/aromatic N) is 3. The summed E-state index contributed by atoms with van der Waals surface area (Å²) in [7, 11) is 2.08. The fourth-order valence-corrected chi connectivity index (χ4v) is 3.19. The van der Waals surface area contributed by atoms with Crippen molar-refractivity contribution >= 4 is 0 Å². The van der Waals surface area contributed by atoms with Crippen LogP contribution in [0.15, 0.2) is 24.3 Å². The van der Waals surface area contributed by atoms with Crippen molar-refractivity contribution < 1.29 is 23.0 Å². The average Bonchev–Trinajstić information content (AvgIpc) is 2.61. The lowest BCUT2D eigenvalue weighted by molar-refractivity contribution is -0.137. The van der Waals surface area contributed by atoms with Gasteiger partial charge in [0.2, 0.25) is 0 Å². The summed E-state index contributed by atoms with van der Waals surface area (Å²) in [5.74, 6) is -0.466. The highest BCUT2D eigenvalue weighted by atomic mass is 19.4. The highest BCUT2D eigenvalue weighted by molar-refractivity contribution is 5.71. The summed E-state index contributed by atoms with van der Waals surface area (Å²) in [5, 5.41) is 18.2. The van der Waals surface area contributed by atoms with E-state index in [-0.39, 0.29) is 17.2 Å². The second-order valence-electron chi connectivity index (χ2n) is 6.91. The maximum atomic E-state index is 12.8. The lowest BCUT2D eigenvalue weighted by Gasteiger charge is -2.28. The molecule has 5 nitrogen and oxygen atoms in total. The van der Waals surface area contributed by atoms with Crippen LogP contribution >= 0.6 is 0 Å². The first-order chi connectivity index (χ1) is 12.7. The van der Waals surface area contributed by atoms with Crippen LogP contribution in [0.1, 0.15) is 29.7 Å². The Kier molecular flexibility index (Phi) is 5.67. The summed E-state index contributed by atoms with van der Waals surface area (Å²) >= 11 is 0. The molecular weight excluding hydrogens is 359 g/mol. The molecule has 0 bridgehead atoms. The number of aryl methyl sites for hydroxylation is 1. The average molecular weight is 381 g/mol. The fourth-order valence-electron chi connectivity index (χ4n) is 3.19. The number of phenolic OH excluding ortho intramolecular Hbond substituents is 1. The van der Waals surface area contributed by atoms with E-state index >= 15 is 0 Å². The molecule has 146 valence electrons. The van der Waals surface area contributed by atoms with Crippen LogP contribution in [-0.4, -0.2) is 46.4 Å². The number of aromatic nitrogens is 2. The third kappa shape index (κ3) is 4.75. The number of likely N-dealkylation sites (tertiary alicyclic amines) is 1. The van der Waals surface area contributed by atoms with E-state index in [4.69, 9.17) is 4.74 Å². The second-order valence-corrected chi connectivity index (χ2v) is 6.91. The zero-order chi connectivity index (χ0) is 19.6. The van der Waals surface area contributed by atoms with Gasteiger partial charge in [-0.1, -0.05) is 0 Å². The number of phenols is 1. The molecule has 0 radical (unpaired) electrons. The molecule has 0 spiro atoms. The predicted molar refractivity (Wildman–Crippen MR) is 94.2 cm³/mol. The maximum absolute atomic E-state index is 12.8. The van der Waals surface area contributed by atoms with Crippen LogP contribution in [0.25, 0.3) is 11.3 Å². The second kappa shape index (κ2) is 7.82. The van der Waals surface area contributed by atoms with E-state index in [0.29, 0.717) is 24.1 Å². The molecular formula is C19H22F3N3O2. The first-order valence-corrected chi connectivity index (χ1v) is 8.78. The highest BCUT2D eigenvalue weighted by Crippen LogP contribution is 2.38. The van der Waals surface area contributed by atoms with Crippen LogP contribution in [0, 0.1) is 6.92 Å². The van der Waals surface area contributed by atoms with Crippen LogP contribution in [-0.2, 0) is 17.5 Å². The first-order valence-electron chi connectivity index (χ1n) is 8.78. The molecule has 0 aliphatic carbocycles. The summed E-state index contributed by atoms with van der Waals surface area (Å²) in [6.45, 7) is 3.84. The number of alkyl halides is 3. The van der Waals surface area contributed by atoms with Crippen molar-refractivity contribution in [1.29, 1.82) is 0 Å². The molecule has 1 aliphatic heterocycles. The SMILES string of the molecule is Cc1cc(C(F)(F)F)cc(O)c1-c1ccc(COC2CCN(C)CC2)nn1. The predicted octanol–water partition coefficient (Wildman–Crippen LogP) is 3.79. The summed E-state index contributed by atoms with van der Waals surface area (Å²) in [6, 6.07) is 5.05. The molecule has 8 heteroatoms. The third-order valence-electron chi connectivity index (χ3n) is 4.75. The van der Waals surface area contributed by atoms with E-state index in [1.54, 1.807) is 12.1 Å². The molecule has 0 atom stereocenters. The number of rotatable bonds is 4. The van der Waals surface area contributed by atoms with E-state index in [1.165, 1.54) is 6.92 Å². The number of ether oxygens (including phenoxy) is 1. The van der Waals surface area contributed by atoms with Crippen LogP contribution in [0.4, 0.5) is 13.2 Å². The van der Waals surface area contributed by atoms with Crippen molar-refractivity contribution in [1.82, 2.24) is 15.1 Å². The van der Waals surface area contributed by atoms with Crippen molar-refractivity contribution in [3.05, 3.63) is 41.1 Å². The molecule has 1 fully saturated rings. The van der Waals surface area contributed by atoms with Crippen molar-refractivity contribution in [3.8, 4) is 17.0 Å². The zero-order valence-corrected chi connectivity index (χ0v) is 15.3. The van der Waals surface area contributed by atoms with Crippen molar-refractivity contribution in [2.45, 2.75) is 38.7 Å². The van der Waals surface area contributed by atoms with Gasteiger partial charge in [-0.15, -0.1) is 0 Å². The Morgan fingerprint density at radius 1 is 1.19 bits per heavy atom. The summed E-state index contributed by atoms with van der Waals surface area (Å²) < 4.78 is 44.4. The van der Waals surface area contributed by atoms with E-state index in [9.17, 15) is 18.3 Å². The molecule has 1 N–H and O–H groups in total. The monoisotopic (exact) mass is 381 g/mol. The highest BCUT2D eigenvalue weighted by Gasteiger charge is 2.32. The summed E-state index contributed by atoms with van der Waals surface area (Å²) in [4.78, 5) is 2.26. The van der Waals surface area contributed by atoms with E-state index in [0.717, 1.165) is 32.0 Å². The molecule has 0 unspecified atom stereocenters. The first kappa shape index (κ1) is 19.6. The van der Waals surface area contributed by atoms with Gasteiger partial charge in [0.25, 0.3) is 0 Å². The summed E-state index contributed by atoms with van der Waals surface area (Å²) in [5.41, 5.74) is 0.603. The Morgan fingerprint density at radius 2 is 1.89 bits per heavy atom. The van der Waals surface area contributed by atoms with Crippen LogP contribution in [0.3, 0.4) is 0 Å². The van der Waals surface area contributed by atoms with Crippen molar-refractivity contribution in [2.24, 2.45) is 0 Å².